The Labute approximate surface area is 130 Å². The first-order valence-corrected chi connectivity index (χ1v) is 10.5. The molecule has 1 aromatic heterocycles. The van der Waals surface area contributed by atoms with Crippen molar-refractivity contribution in [2.75, 3.05) is 25.9 Å². The number of hydrogen-bond acceptors (Lipinski definition) is 5. The molecule has 0 radical (unpaired) electrons. The van der Waals surface area contributed by atoms with Gasteiger partial charge in [0.15, 0.2) is 0 Å². The Balaban J connectivity index is 2.67. The van der Waals surface area contributed by atoms with Gasteiger partial charge in [0.2, 0.25) is 20.0 Å². The van der Waals surface area contributed by atoms with E-state index < -0.39 is 20.0 Å². The van der Waals surface area contributed by atoms with Crippen molar-refractivity contribution in [3.05, 3.63) is 29.7 Å². The minimum absolute atomic E-state index is 0.0165. The maximum atomic E-state index is 12.1. The topological polar surface area (TPSA) is 83.6 Å². The van der Waals surface area contributed by atoms with Crippen LogP contribution in [0.5, 0.6) is 0 Å². The molecular weight excluding hydrogens is 332 g/mol. The molecule has 0 aliphatic heterocycles. The average molecular weight is 353 g/mol. The van der Waals surface area contributed by atoms with Gasteiger partial charge >= 0.3 is 0 Å². The molecule has 0 fully saturated rings. The first-order valence-electron chi connectivity index (χ1n) is 6.35. The Kier molecular flexibility index (Phi) is 6.54. The minimum atomic E-state index is -3.58. The Morgan fingerprint density at radius 2 is 2.00 bits per heavy atom. The number of sulfonamides is 2. The molecular formula is C12H20N2O4S3. The van der Waals surface area contributed by atoms with Gasteiger partial charge in [-0.2, -0.15) is 4.31 Å². The highest BCUT2D eigenvalue weighted by molar-refractivity contribution is 7.91. The molecule has 1 N–H and O–H groups in total. The second-order valence-electron chi connectivity index (χ2n) is 4.38. The molecule has 0 unspecified atom stereocenters. The van der Waals surface area contributed by atoms with Gasteiger partial charge in [0.1, 0.15) is 4.21 Å². The smallest absolute Gasteiger partial charge is 0.212 e. The summed E-state index contributed by atoms with van der Waals surface area (Å²) in [5.41, 5.74) is 0. The predicted octanol–water partition coefficient (Wildman–Crippen LogP) is 1.04. The highest BCUT2D eigenvalue weighted by Crippen LogP contribution is 2.21. The molecule has 0 amide bonds. The first kappa shape index (κ1) is 18.3. The lowest BCUT2D eigenvalue weighted by atomic mass is 10.4. The van der Waals surface area contributed by atoms with Crippen molar-refractivity contribution >= 4 is 31.4 Å². The third-order valence-electron chi connectivity index (χ3n) is 2.71. The molecule has 1 aromatic rings. The van der Waals surface area contributed by atoms with Crippen molar-refractivity contribution in [3.63, 3.8) is 0 Å². The second-order valence-corrected chi connectivity index (χ2v) is 9.53. The quantitative estimate of drug-likeness (QED) is 0.673. The van der Waals surface area contributed by atoms with Crippen LogP contribution in [0.2, 0.25) is 0 Å². The molecule has 1 rings (SSSR count). The van der Waals surface area contributed by atoms with E-state index in [-0.39, 0.29) is 23.8 Å². The zero-order valence-corrected chi connectivity index (χ0v) is 14.5. The Bertz CT molecular complexity index is 677. The highest BCUT2D eigenvalue weighted by Gasteiger charge is 2.19. The van der Waals surface area contributed by atoms with Gasteiger partial charge in [0, 0.05) is 24.5 Å². The number of nitrogens with zero attached hydrogens (tertiary/aromatic N) is 1. The van der Waals surface area contributed by atoms with Crippen LogP contribution in [0.1, 0.15) is 11.8 Å². The third-order valence-corrected chi connectivity index (χ3v) is 7.16. The molecule has 9 heteroatoms. The number of rotatable bonds is 9. The van der Waals surface area contributed by atoms with E-state index in [0.29, 0.717) is 0 Å². The van der Waals surface area contributed by atoms with E-state index in [1.165, 1.54) is 17.4 Å². The SMILES string of the molecule is C=CCN(CCNS(=O)(=O)c1ccc(CC)s1)S(C)(=O)=O. The largest absolute Gasteiger partial charge is 0.250 e. The standard InChI is InChI=1S/C12H20N2O4S3/c1-4-9-14(20(3,15)16)10-8-13-21(17,18)12-7-6-11(5-2)19-12/h4,6-7,13H,1,5,8-10H2,2-3H3. The second kappa shape index (κ2) is 7.50. The van der Waals surface area contributed by atoms with Crippen LogP contribution in [0, 0.1) is 0 Å². The fraction of sp³-hybridized carbons (Fsp3) is 0.500. The molecule has 6 nitrogen and oxygen atoms in total. The van der Waals surface area contributed by atoms with Gasteiger partial charge in [-0.3, -0.25) is 0 Å². The highest BCUT2D eigenvalue weighted by atomic mass is 32.2. The summed E-state index contributed by atoms with van der Waals surface area (Å²) in [5, 5.41) is 0. The van der Waals surface area contributed by atoms with Gasteiger partial charge < -0.3 is 0 Å². The lowest BCUT2D eigenvalue weighted by molar-refractivity contribution is 0.448. The maximum Gasteiger partial charge on any atom is 0.250 e. The zero-order chi connectivity index (χ0) is 16.1. The van der Waals surface area contributed by atoms with Crippen molar-refractivity contribution in [2.24, 2.45) is 0 Å². The van der Waals surface area contributed by atoms with Gasteiger partial charge in [-0.25, -0.2) is 21.6 Å². The van der Waals surface area contributed by atoms with E-state index in [1.54, 1.807) is 12.1 Å². The summed E-state index contributed by atoms with van der Waals surface area (Å²) < 4.78 is 50.9. The number of nitrogens with one attached hydrogen (secondary N) is 1. The molecule has 0 saturated heterocycles. The summed E-state index contributed by atoms with van der Waals surface area (Å²) in [6.45, 7) is 5.68. The van der Waals surface area contributed by atoms with Crippen molar-refractivity contribution in [1.29, 1.82) is 0 Å². The fourth-order valence-electron chi connectivity index (χ4n) is 1.61. The van der Waals surface area contributed by atoms with Crippen LogP contribution in [-0.4, -0.2) is 47.0 Å². The van der Waals surface area contributed by atoms with Gasteiger partial charge in [-0.05, 0) is 18.6 Å². The van der Waals surface area contributed by atoms with E-state index in [9.17, 15) is 16.8 Å². The molecule has 0 aliphatic rings. The van der Waals surface area contributed by atoms with Crippen molar-refractivity contribution in [3.8, 4) is 0 Å². The summed E-state index contributed by atoms with van der Waals surface area (Å²) in [5.74, 6) is 0. The van der Waals surface area contributed by atoms with Crippen LogP contribution in [-0.2, 0) is 26.5 Å². The summed E-state index contributed by atoms with van der Waals surface area (Å²) in [6, 6.07) is 3.34. The molecule has 120 valence electrons. The average Bonchev–Trinajstić information content (AvgIpc) is 2.86. The molecule has 0 aliphatic carbocycles. The van der Waals surface area contributed by atoms with Gasteiger partial charge in [0.25, 0.3) is 0 Å². The van der Waals surface area contributed by atoms with Crippen LogP contribution >= 0.6 is 11.3 Å². The van der Waals surface area contributed by atoms with Gasteiger partial charge in [0.05, 0.1) is 6.26 Å². The predicted molar refractivity (Wildman–Crippen MR) is 85.5 cm³/mol. The lowest BCUT2D eigenvalue weighted by Crippen LogP contribution is -2.37. The van der Waals surface area contributed by atoms with E-state index in [4.69, 9.17) is 0 Å². The summed E-state index contributed by atoms with van der Waals surface area (Å²) >= 11 is 1.22. The van der Waals surface area contributed by atoms with Crippen LogP contribution in [0.25, 0.3) is 0 Å². The Morgan fingerprint density at radius 3 is 2.48 bits per heavy atom. The number of aryl methyl sites for hydroxylation is 1. The van der Waals surface area contributed by atoms with Crippen molar-refractivity contribution in [2.45, 2.75) is 17.6 Å². The molecule has 0 spiro atoms. The van der Waals surface area contributed by atoms with Crippen LogP contribution in [0.15, 0.2) is 29.0 Å². The maximum absolute atomic E-state index is 12.1. The zero-order valence-electron chi connectivity index (χ0n) is 12.1. The molecule has 0 bridgehead atoms. The number of thiophene rings is 1. The van der Waals surface area contributed by atoms with Crippen molar-refractivity contribution < 1.29 is 16.8 Å². The Hall–Kier alpha value is -0.740. The first-order chi connectivity index (χ1) is 9.70. The summed E-state index contributed by atoms with van der Waals surface area (Å²) in [7, 11) is -6.96. The molecule has 21 heavy (non-hydrogen) atoms. The minimum Gasteiger partial charge on any atom is -0.212 e. The summed E-state index contributed by atoms with van der Waals surface area (Å²) in [4.78, 5) is 0.986. The third kappa shape index (κ3) is 5.51. The molecule has 0 saturated carbocycles. The van der Waals surface area contributed by atoms with Crippen LogP contribution < -0.4 is 4.72 Å². The Morgan fingerprint density at radius 1 is 1.33 bits per heavy atom. The van der Waals surface area contributed by atoms with Crippen LogP contribution in [0.3, 0.4) is 0 Å². The number of hydrogen-bond donors (Lipinski definition) is 1. The normalized spacial score (nSPS) is 12.7. The monoisotopic (exact) mass is 352 g/mol. The van der Waals surface area contributed by atoms with E-state index in [0.717, 1.165) is 21.9 Å². The van der Waals surface area contributed by atoms with E-state index in [1.807, 2.05) is 6.92 Å². The molecule has 0 aromatic carbocycles. The van der Waals surface area contributed by atoms with Gasteiger partial charge in [-0.1, -0.05) is 13.0 Å². The van der Waals surface area contributed by atoms with E-state index in [2.05, 4.69) is 11.3 Å². The van der Waals surface area contributed by atoms with Gasteiger partial charge in [-0.15, -0.1) is 17.9 Å². The molecule has 1 heterocycles. The summed E-state index contributed by atoms with van der Waals surface area (Å²) in [6.07, 6.45) is 3.32. The van der Waals surface area contributed by atoms with Crippen LogP contribution in [0.4, 0.5) is 0 Å². The lowest BCUT2D eigenvalue weighted by Gasteiger charge is -2.18. The van der Waals surface area contributed by atoms with Crippen molar-refractivity contribution in [1.82, 2.24) is 9.03 Å². The fourth-order valence-corrected chi connectivity index (χ4v) is 4.77. The molecule has 0 atom stereocenters. The van der Waals surface area contributed by atoms with E-state index >= 15 is 0 Å².